The van der Waals surface area contributed by atoms with Gasteiger partial charge in [0, 0.05) is 22.4 Å². The maximum absolute atomic E-state index is 12.4. The van der Waals surface area contributed by atoms with Gasteiger partial charge in [0.05, 0.1) is 12.2 Å². The van der Waals surface area contributed by atoms with Crippen molar-refractivity contribution in [1.82, 2.24) is 0 Å². The van der Waals surface area contributed by atoms with Crippen molar-refractivity contribution in [2.45, 2.75) is 6.92 Å². The highest BCUT2D eigenvalue weighted by atomic mass is 16.5. The summed E-state index contributed by atoms with van der Waals surface area (Å²) in [6.07, 6.45) is 0. The zero-order valence-electron chi connectivity index (χ0n) is 15.3. The van der Waals surface area contributed by atoms with Gasteiger partial charge in [-0.3, -0.25) is 9.59 Å². The molecule has 0 bridgehead atoms. The van der Waals surface area contributed by atoms with Gasteiger partial charge >= 0.3 is 5.97 Å². The van der Waals surface area contributed by atoms with Crippen LogP contribution in [0.4, 0.5) is 5.69 Å². The Balaban J connectivity index is 1.66. The number of esters is 1. The normalized spacial score (nSPS) is 10.2. The third-order valence-electron chi connectivity index (χ3n) is 4.10. The summed E-state index contributed by atoms with van der Waals surface area (Å²) in [7, 11) is 0. The summed E-state index contributed by atoms with van der Waals surface area (Å²) in [4.78, 5) is 36.5. The smallest absolute Gasteiger partial charge is 0.338 e. The number of amides is 1. The van der Waals surface area contributed by atoms with Crippen molar-refractivity contribution in [3.8, 4) is 0 Å². The Bertz CT molecular complexity index is 977. The van der Waals surface area contributed by atoms with Crippen molar-refractivity contribution in [1.29, 1.82) is 0 Å². The molecule has 0 spiro atoms. The Hall–Kier alpha value is -3.73. The van der Waals surface area contributed by atoms with Crippen LogP contribution in [0, 0.1) is 0 Å². The SMILES string of the molecule is CCOC(=O)c1ccc(NC(=O)c2ccc(C(=O)c3ccccc3)cc2)cc1. The average Bonchev–Trinajstić information content (AvgIpc) is 2.74. The molecule has 0 unspecified atom stereocenters. The zero-order valence-corrected chi connectivity index (χ0v) is 15.3. The van der Waals surface area contributed by atoms with Crippen molar-refractivity contribution in [2.75, 3.05) is 11.9 Å². The predicted molar refractivity (Wildman–Crippen MR) is 107 cm³/mol. The van der Waals surface area contributed by atoms with E-state index < -0.39 is 5.97 Å². The molecule has 3 rings (SSSR count). The molecule has 0 aliphatic heterocycles. The Labute approximate surface area is 163 Å². The third kappa shape index (κ3) is 4.51. The summed E-state index contributed by atoms with van der Waals surface area (Å²) in [5.41, 5.74) is 2.52. The molecule has 3 aromatic carbocycles. The molecule has 28 heavy (non-hydrogen) atoms. The van der Waals surface area contributed by atoms with Crippen LogP contribution in [0.3, 0.4) is 0 Å². The fraction of sp³-hybridized carbons (Fsp3) is 0.0870. The first-order chi connectivity index (χ1) is 13.6. The van der Waals surface area contributed by atoms with Crippen LogP contribution >= 0.6 is 0 Å². The van der Waals surface area contributed by atoms with Crippen LogP contribution in [-0.4, -0.2) is 24.3 Å². The van der Waals surface area contributed by atoms with E-state index in [2.05, 4.69) is 5.32 Å². The second-order valence-corrected chi connectivity index (χ2v) is 6.02. The number of rotatable bonds is 6. The molecule has 1 amide bonds. The number of carbonyl (C=O) groups excluding carboxylic acids is 3. The molecule has 0 heterocycles. The second-order valence-electron chi connectivity index (χ2n) is 6.02. The minimum absolute atomic E-state index is 0.0953. The quantitative estimate of drug-likeness (QED) is 0.515. The van der Waals surface area contributed by atoms with Gasteiger partial charge in [-0.15, -0.1) is 0 Å². The van der Waals surface area contributed by atoms with Crippen molar-refractivity contribution < 1.29 is 19.1 Å². The molecule has 0 atom stereocenters. The molecule has 0 radical (unpaired) electrons. The van der Waals surface area contributed by atoms with Crippen molar-refractivity contribution >= 4 is 23.3 Å². The lowest BCUT2D eigenvalue weighted by atomic mass is 10.0. The first kappa shape index (κ1) is 19.0. The minimum Gasteiger partial charge on any atom is -0.462 e. The van der Waals surface area contributed by atoms with Gasteiger partial charge in [-0.2, -0.15) is 0 Å². The van der Waals surface area contributed by atoms with E-state index in [1.807, 2.05) is 18.2 Å². The number of anilines is 1. The fourth-order valence-electron chi connectivity index (χ4n) is 2.64. The monoisotopic (exact) mass is 373 g/mol. The highest BCUT2D eigenvalue weighted by Gasteiger charge is 2.11. The Kier molecular flexibility index (Phi) is 5.97. The van der Waals surface area contributed by atoms with E-state index in [0.717, 1.165) is 0 Å². The number of nitrogens with one attached hydrogen (secondary N) is 1. The van der Waals surface area contributed by atoms with E-state index in [9.17, 15) is 14.4 Å². The van der Waals surface area contributed by atoms with Crippen LogP contribution in [0.1, 0.15) is 43.6 Å². The Morgan fingerprint density at radius 3 is 1.86 bits per heavy atom. The van der Waals surface area contributed by atoms with E-state index in [4.69, 9.17) is 4.74 Å². The van der Waals surface area contributed by atoms with Gasteiger partial charge in [0.2, 0.25) is 0 Å². The molecule has 0 saturated heterocycles. The molecule has 5 nitrogen and oxygen atoms in total. The maximum atomic E-state index is 12.4. The predicted octanol–water partition coefficient (Wildman–Crippen LogP) is 4.35. The molecular formula is C23H19NO4. The van der Waals surface area contributed by atoms with Crippen molar-refractivity contribution in [3.05, 3.63) is 101 Å². The van der Waals surface area contributed by atoms with Gasteiger partial charge in [0.1, 0.15) is 0 Å². The lowest BCUT2D eigenvalue weighted by molar-refractivity contribution is 0.0526. The summed E-state index contributed by atoms with van der Waals surface area (Å²) in [5, 5.41) is 2.76. The molecule has 0 aliphatic carbocycles. The van der Waals surface area contributed by atoms with Crippen LogP contribution in [-0.2, 0) is 4.74 Å². The third-order valence-corrected chi connectivity index (χ3v) is 4.10. The average molecular weight is 373 g/mol. The van der Waals surface area contributed by atoms with Gasteiger partial charge in [-0.05, 0) is 43.3 Å². The van der Waals surface area contributed by atoms with Crippen LogP contribution in [0.25, 0.3) is 0 Å². The zero-order chi connectivity index (χ0) is 19.9. The molecule has 3 aromatic rings. The Morgan fingerprint density at radius 1 is 0.714 bits per heavy atom. The summed E-state index contributed by atoms with van der Waals surface area (Å²) >= 11 is 0. The largest absolute Gasteiger partial charge is 0.462 e. The van der Waals surface area contributed by atoms with Gasteiger partial charge in [0.25, 0.3) is 5.91 Å². The summed E-state index contributed by atoms with van der Waals surface area (Å²) in [5.74, 6) is -0.802. The van der Waals surface area contributed by atoms with Crippen LogP contribution in [0.5, 0.6) is 0 Å². The van der Waals surface area contributed by atoms with Crippen LogP contribution in [0.15, 0.2) is 78.9 Å². The second kappa shape index (κ2) is 8.77. The molecule has 0 saturated carbocycles. The molecule has 0 aliphatic rings. The van der Waals surface area contributed by atoms with Gasteiger partial charge < -0.3 is 10.1 Å². The summed E-state index contributed by atoms with van der Waals surface area (Å²) < 4.78 is 4.93. The first-order valence-corrected chi connectivity index (χ1v) is 8.87. The van der Waals surface area contributed by atoms with E-state index in [1.54, 1.807) is 67.6 Å². The number of benzene rings is 3. The number of hydrogen-bond acceptors (Lipinski definition) is 4. The minimum atomic E-state index is -0.404. The van der Waals surface area contributed by atoms with Gasteiger partial charge in [-0.1, -0.05) is 42.5 Å². The molecule has 5 heteroatoms. The van der Waals surface area contributed by atoms with Crippen molar-refractivity contribution in [3.63, 3.8) is 0 Å². The highest BCUT2D eigenvalue weighted by Crippen LogP contribution is 2.14. The Morgan fingerprint density at radius 2 is 1.25 bits per heavy atom. The number of ketones is 1. The van der Waals surface area contributed by atoms with E-state index in [-0.39, 0.29) is 11.7 Å². The molecule has 0 fully saturated rings. The van der Waals surface area contributed by atoms with E-state index >= 15 is 0 Å². The molecule has 0 aromatic heterocycles. The summed E-state index contributed by atoms with van der Waals surface area (Å²) in [6, 6.07) is 21.9. The number of ether oxygens (including phenoxy) is 1. The maximum Gasteiger partial charge on any atom is 0.338 e. The van der Waals surface area contributed by atoms with Crippen LogP contribution < -0.4 is 5.32 Å². The lowest BCUT2D eigenvalue weighted by Crippen LogP contribution is -2.12. The standard InChI is InChI=1S/C23H19NO4/c1-2-28-23(27)19-12-14-20(15-13-19)24-22(26)18-10-8-17(9-11-18)21(25)16-6-4-3-5-7-16/h3-15H,2H2,1H3,(H,24,26). The van der Waals surface area contributed by atoms with Gasteiger partial charge in [0.15, 0.2) is 5.78 Å². The van der Waals surface area contributed by atoms with Crippen LogP contribution in [0.2, 0.25) is 0 Å². The summed E-state index contributed by atoms with van der Waals surface area (Å²) in [6.45, 7) is 2.05. The van der Waals surface area contributed by atoms with Crippen molar-refractivity contribution in [2.24, 2.45) is 0 Å². The number of hydrogen-bond donors (Lipinski definition) is 1. The lowest BCUT2D eigenvalue weighted by Gasteiger charge is -2.07. The molecule has 1 N–H and O–H groups in total. The van der Waals surface area contributed by atoms with E-state index in [0.29, 0.717) is 34.5 Å². The van der Waals surface area contributed by atoms with E-state index in [1.165, 1.54) is 0 Å². The fourth-order valence-corrected chi connectivity index (χ4v) is 2.64. The van der Waals surface area contributed by atoms with Gasteiger partial charge in [-0.25, -0.2) is 4.79 Å². The highest BCUT2D eigenvalue weighted by molar-refractivity contribution is 6.10. The molecule has 140 valence electrons. The topological polar surface area (TPSA) is 72.5 Å². The first-order valence-electron chi connectivity index (χ1n) is 8.87. The molecular weight excluding hydrogens is 354 g/mol. The number of carbonyl (C=O) groups is 3.